The van der Waals surface area contributed by atoms with E-state index in [2.05, 4.69) is 15.3 Å². The molecule has 0 fully saturated rings. The number of aromatic nitrogens is 2. The highest BCUT2D eigenvalue weighted by atomic mass is 32.2. The van der Waals surface area contributed by atoms with Gasteiger partial charge in [0.1, 0.15) is 0 Å². The smallest absolute Gasteiger partial charge is 0.222 e. The van der Waals surface area contributed by atoms with Crippen LogP contribution < -0.4 is 5.32 Å². The fourth-order valence-corrected chi connectivity index (χ4v) is 1.43. The highest BCUT2D eigenvalue weighted by molar-refractivity contribution is 7.84. The molecule has 1 N–H and O–H groups in total. The van der Waals surface area contributed by atoms with Crippen LogP contribution in [0.5, 0.6) is 0 Å². The zero-order valence-electron chi connectivity index (χ0n) is 7.56. The van der Waals surface area contributed by atoms with Gasteiger partial charge in [0.05, 0.1) is 0 Å². The zero-order chi connectivity index (χ0) is 9.52. The van der Waals surface area contributed by atoms with Gasteiger partial charge in [0.2, 0.25) is 5.95 Å². The maximum Gasteiger partial charge on any atom is 0.222 e. The number of nitrogens with one attached hydrogen (secondary N) is 1. The maximum absolute atomic E-state index is 11.0. The van der Waals surface area contributed by atoms with Gasteiger partial charge in [-0.05, 0) is 6.07 Å². The van der Waals surface area contributed by atoms with Gasteiger partial charge in [-0.25, -0.2) is 9.97 Å². The minimum Gasteiger partial charge on any atom is -0.353 e. The Labute approximate surface area is 80.3 Å². The van der Waals surface area contributed by atoms with Gasteiger partial charge in [-0.1, -0.05) is 6.92 Å². The standard InChI is InChI=1S/C8H13N3OS/c1-2-13(12)7-6-11-8-9-4-3-5-10-8/h3-5H,2,6-7H2,1H3,(H,9,10,11). The van der Waals surface area contributed by atoms with E-state index in [1.165, 1.54) is 0 Å². The maximum atomic E-state index is 11.0. The lowest BCUT2D eigenvalue weighted by Gasteiger charge is -2.02. The minimum absolute atomic E-state index is 0.593. The molecule has 13 heavy (non-hydrogen) atoms. The number of nitrogens with zero attached hydrogens (tertiary/aromatic N) is 2. The number of rotatable bonds is 5. The molecule has 0 amide bonds. The van der Waals surface area contributed by atoms with Crippen LogP contribution in [0.4, 0.5) is 5.95 Å². The van der Waals surface area contributed by atoms with E-state index in [-0.39, 0.29) is 0 Å². The Balaban J connectivity index is 2.24. The molecular formula is C8H13N3OS. The molecule has 5 heteroatoms. The molecule has 4 nitrogen and oxygen atoms in total. The second-order valence-corrected chi connectivity index (χ2v) is 4.30. The summed E-state index contributed by atoms with van der Waals surface area (Å²) in [4.78, 5) is 7.96. The monoisotopic (exact) mass is 199 g/mol. The van der Waals surface area contributed by atoms with Crippen LogP contribution in [0.25, 0.3) is 0 Å². The van der Waals surface area contributed by atoms with Crippen molar-refractivity contribution in [2.45, 2.75) is 6.92 Å². The summed E-state index contributed by atoms with van der Waals surface area (Å²) < 4.78 is 11.0. The Morgan fingerprint density at radius 2 is 2.15 bits per heavy atom. The molecule has 0 radical (unpaired) electrons. The van der Waals surface area contributed by atoms with Crippen molar-refractivity contribution in [3.8, 4) is 0 Å². The van der Waals surface area contributed by atoms with Gasteiger partial charge >= 0.3 is 0 Å². The number of anilines is 1. The molecule has 0 aliphatic heterocycles. The average molecular weight is 199 g/mol. The molecule has 1 aromatic rings. The summed E-state index contributed by atoms with van der Waals surface area (Å²) in [5.74, 6) is 1.95. The minimum atomic E-state index is -0.719. The first-order valence-electron chi connectivity index (χ1n) is 4.18. The summed E-state index contributed by atoms with van der Waals surface area (Å²) >= 11 is 0. The molecule has 0 aliphatic rings. The van der Waals surface area contributed by atoms with Crippen LogP contribution in [0.3, 0.4) is 0 Å². The predicted octanol–water partition coefficient (Wildman–Crippen LogP) is 0.657. The normalized spacial score (nSPS) is 12.4. The molecule has 0 saturated carbocycles. The molecule has 0 aromatic carbocycles. The van der Waals surface area contributed by atoms with E-state index in [0.29, 0.717) is 24.0 Å². The lowest BCUT2D eigenvalue weighted by Crippen LogP contribution is -2.13. The molecule has 1 heterocycles. The molecule has 0 saturated heterocycles. The van der Waals surface area contributed by atoms with Crippen molar-refractivity contribution in [1.29, 1.82) is 0 Å². The van der Waals surface area contributed by atoms with Crippen molar-refractivity contribution < 1.29 is 4.21 Å². The topological polar surface area (TPSA) is 54.9 Å². The Morgan fingerprint density at radius 3 is 2.77 bits per heavy atom. The van der Waals surface area contributed by atoms with Crippen molar-refractivity contribution in [3.05, 3.63) is 18.5 Å². The van der Waals surface area contributed by atoms with Crippen molar-refractivity contribution in [2.24, 2.45) is 0 Å². The summed E-state index contributed by atoms with van der Waals surface area (Å²) in [5.41, 5.74) is 0. The van der Waals surface area contributed by atoms with Crippen molar-refractivity contribution in [2.75, 3.05) is 23.4 Å². The number of hydrogen-bond acceptors (Lipinski definition) is 4. The van der Waals surface area contributed by atoms with Gasteiger partial charge in [-0.15, -0.1) is 0 Å². The summed E-state index contributed by atoms with van der Waals surface area (Å²) in [5, 5.41) is 2.99. The van der Waals surface area contributed by atoms with Crippen LogP contribution in [-0.4, -0.2) is 32.2 Å². The van der Waals surface area contributed by atoms with Gasteiger partial charge < -0.3 is 5.32 Å². The van der Waals surface area contributed by atoms with E-state index in [1.807, 2.05) is 6.92 Å². The second-order valence-electron chi connectivity index (χ2n) is 2.43. The van der Waals surface area contributed by atoms with E-state index < -0.39 is 10.8 Å². The Morgan fingerprint density at radius 1 is 1.46 bits per heavy atom. The first kappa shape index (κ1) is 10.1. The summed E-state index contributed by atoms with van der Waals surface area (Å²) in [6.07, 6.45) is 3.35. The van der Waals surface area contributed by atoms with Crippen molar-refractivity contribution >= 4 is 16.7 Å². The second kappa shape index (κ2) is 5.64. The van der Waals surface area contributed by atoms with Crippen molar-refractivity contribution in [1.82, 2.24) is 9.97 Å². The Bertz CT molecular complexity index is 265. The Hall–Kier alpha value is -0.970. The van der Waals surface area contributed by atoms with E-state index in [0.717, 1.165) is 0 Å². The van der Waals surface area contributed by atoms with E-state index in [4.69, 9.17) is 0 Å². The van der Waals surface area contributed by atoms with Crippen LogP contribution in [0.2, 0.25) is 0 Å². The van der Waals surface area contributed by atoms with E-state index >= 15 is 0 Å². The van der Waals surface area contributed by atoms with Crippen molar-refractivity contribution in [3.63, 3.8) is 0 Å². The fraction of sp³-hybridized carbons (Fsp3) is 0.500. The van der Waals surface area contributed by atoms with Crippen LogP contribution in [0.1, 0.15) is 6.92 Å². The third kappa shape index (κ3) is 3.98. The molecule has 1 atom stereocenters. The largest absolute Gasteiger partial charge is 0.353 e. The molecule has 72 valence electrons. The summed E-state index contributed by atoms with van der Waals surface area (Å²) in [7, 11) is -0.719. The lowest BCUT2D eigenvalue weighted by molar-refractivity contribution is 0.684. The quantitative estimate of drug-likeness (QED) is 0.756. The van der Waals surface area contributed by atoms with Gasteiger partial charge in [0.25, 0.3) is 0 Å². The molecule has 1 unspecified atom stereocenters. The molecule has 0 aliphatic carbocycles. The zero-order valence-corrected chi connectivity index (χ0v) is 8.38. The highest BCUT2D eigenvalue weighted by Gasteiger charge is 1.96. The van der Waals surface area contributed by atoms with Gasteiger partial charge in [0, 0.05) is 41.2 Å². The SMILES string of the molecule is CCS(=O)CCNc1ncccn1. The van der Waals surface area contributed by atoms with Gasteiger partial charge in [-0.2, -0.15) is 0 Å². The molecule has 1 rings (SSSR count). The summed E-state index contributed by atoms with van der Waals surface area (Å²) in [6.45, 7) is 2.57. The average Bonchev–Trinajstić information content (AvgIpc) is 2.19. The third-order valence-electron chi connectivity index (χ3n) is 1.50. The van der Waals surface area contributed by atoms with Crippen LogP contribution in [0.15, 0.2) is 18.5 Å². The summed E-state index contributed by atoms with van der Waals surface area (Å²) in [6, 6.07) is 1.76. The van der Waals surface area contributed by atoms with Crippen LogP contribution >= 0.6 is 0 Å². The van der Waals surface area contributed by atoms with E-state index in [9.17, 15) is 4.21 Å². The third-order valence-corrected chi connectivity index (χ3v) is 2.80. The highest BCUT2D eigenvalue weighted by Crippen LogP contribution is 1.92. The van der Waals surface area contributed by atoms with Gasteiger partial charge in [0.15, 0.2) is 0 Å². The Kier molecular flexibility index (Phi) is 4.39. The van der Waals surface area contributed by atoms with Crippen LogP contribution in [-0.2, 0) is 10.8 Å². The van der Waals surface area contributed by atoms with Crippen LogP contribution in [0, 0.1) is 0 Å². The lowest BCUT2D eigenvalue weighted by atomic mass is 10.6. The van der Waals surface area contributed by atoms with E-state index in [1.54, 1.807) is 18.5 Å². The first-order valence-corrected chi connectivity index (χ1v) is 5.67. The fourth-order valence-electron chi connectivity index (χ4n) is 0.811. The molecule has 1 aromatic heterocycles. The molecule has 0 spiro atoms. The number of hydrogen-bond donors (Lipinski definition) is 1. The first-order chi connectivity index (χ1) is 6.33. The molecular weight excluding hydrogens is 186 g/mol. The predicted molar refractivity (Wildman–Crippen MR) is 54.1 cm³/mol. The molecule has 0 bridgehead atoms. The van der Waals surface area contributed by atoms with Gasteiger partial charge in [-0.3, -0.25) is 4.21 Å².